The van der Waals surface area contributed by atoms with E-state index in [-0.39, 0.29) is 0 Å². The summed E-state index contributed by atoms with van der Waals surface area (Å²) in [5.74, 6) is 1.21. The first kappa shape index (κ1) is 9.61. The molecule has 0 bridgehead atoms. The lowest BCUT2D eigenvalue weighted by molar-refractivity contribution is 0.0831. The Morgan fingerprint density at radius 2 is 2.57 bits per heavy atom. The van der Waals surface area contributed by atoms with Gasteiger partial charge in [0.2, 0.25) is 0 Å². The van der Waals surface area contributed by atoms with Gasteiger partial charge in [-0.1, -0.05) is 5.16 Å². The Morgan fingerprint density at radius 3 is 3.21 bits per heavy atom. The zero-order chi connectivity index (χ0) is 9.80. The largest absolute Gasteiger partial charge is 0.370 e. The molecule has 0 spiro atoms. The second-order valence-electron chi connectivity index (χ2n) is 3.54. The van der Waals surface area contributed by atoms with Gasteiger partial charge in [-0.2, -0.15) is 4.98 Å². The number of hydrogen-bond acceptors (Lipinski definition) is 5. The Morgan fingerprint density at radius 1 is 1.64 bits per heavy atom. The zero-order valence-corrected chi connectivity index (χ0v) is 8.32. The van der Waals surface area contributed by atoms with Gasteiger partial charge in [0.05, 0.1) is 6.61 Å². The van der Waals surface area contributed by atoms with Gasteiger partial charge in [-0.25, -0.2) is 0 Å². The van der Waals surface area contributed by atoms with Crippen LogP contribution in [-0.4, -0.2) is 29.3 Å². The Hall–Kier alpha value is -0.940. The summed E-state index contributed by atoms with van der Waals surface area (Å²) >= 11 is 0. The van der Waals surface area contributed by atoms with Gasteiger partial charge in [0.15, 0.2) is 5.82 Å². The minimum atomic E-state index is 0.416. The third-order valence-corrected chi connectivity index (χ3v) is 2.28. The first-order chi connectivity index (χ1) is 6.84. The molecule has 1 atom stereocenters. The van der Waals surface area contributed by atoms with Gasteiger partial charge in [0.1, 0.15) is 6.61 Å². The van der Waals surface area contributed by atoms with Crippen LogP contribution < -0.4 is 5.32 Å². The molecule has 1 unspecified atom stereocenters. The minimum absolute atomic E-state index is 0.416. The van der Waals surface area contributed by atoms with Crippen molar-refractivity contribution in [2.45, 2.75) is 32.4 Å². The van der Waals surface area contributed by atoms with Gasteiger partial charge in [0, 0.05) is 6.04 Å². The highest BCUT2D eigenvalue weighted by atomic mass is 16.5. The van der Waals surface area contributed by atoms with Crippen molar-refractivity contribution in [3.63, 3.8) is 0 Å². The van der Waals surface area contributed by atoms with E-state index in [4.69, 9.17) is 9.26 Å². The fourth-order valence-electron chi connectivity index (χ4n) is 1.59. The van der Waals surface area contributed by atoms with Gasteiger partial charge < -0.3 is 14.6 Å². The lowest BCUT2D eigenvalue weighted by Gasteiger charge is -2.08. The van der Waals surface area contributed by atoms with Crippen molar-refractivity contribution in [3.05, 3.63) is 11.7 Å². The maximum absolute atomic E-state index is 5.46. The predicted octanol–water partition coefficient (Wildman–Crippen LogP) is 0.647. The van der Waals surface area contributed by atoms with E-state index < -0.39 is 0 Å². The molecular formula is C9H15N3O2. The Bertz CT molecular complexity index is 281. The number of nitrogens with one attached hydrogen (secondary N) is 1. The van der Waals surface area contributed by atoms with Crippen LogP contribution in [0.15, 0.2) is 4.52 Å². The van der Waals surface area contributed by atoms with E-state index in [2.05, 4.69) is 15.5 Å². The van der Waals surface area contributed by atoms with E-state index in [1.165, 1.54) is 12.8 Å². The van der Waals surface area contributed by atoms with Crippen LogP contribution in [0.3, 0.4) is 0 Å². The number of rotatable bonds is 4. The molecule has 1 aromatic rings. The van der Waals surface area contributed by atoms with Crippen LogP contribution in [0.25, 0.3) is 0 Å². The molecule has 1 aromatic heterocycles. The smallest absolute Gasteiger partial charge is 0.252 e. The van der Waals surface area contributed by atoms with E-state index >= 15 is 0 Å². The molecule has 0 amide bonds. The van der Waals surface area contributed by atoms with E-state index in [9.17, 15) is 0 Å². The van der Waals surface area contributed by atoms with Crippen LogP contribution in [0, 0.1) is 6.92 Å². The monoisotopic (exact) mass is 197 g/mol. The van der Waals surface area contributed by atoms with Gasteiger partial charge >= 0.3 is 0 Å². The van der Waals surface area contributed by atoms with Crippen molar-refractivity contribution in [3.8, 4) is 0 Å². The van der Waals surface area contributed by atoms with Crippen molar-refractivity contribution in [1.82, 2.24) is 15.5 Å². The summed E-state index contributed by atoms with van der Waals surface area (Å²) in [6.07, 6.45) is 2.44. The molecular weight excluding hydrogens is 182 g/mol. The Balaban J connectivity index is 1.67. The van der Waals surface area contributed by atoms with Crippen molar-refractivity contribution in [2.24, 2.45) is 0 Å². The minimum Gasteiger partial charge on any atom is -0.370 e. The van der Waals surface area contributed by atoms with Crippen LogP contribution >= 0.6 is 0 Å². The molecule has 78 valence electrons. The van der Waals surface area contributed by atoms with Crippen LogP contribution in [0.5, 0.6) is 0 Å². The van der Waals surface area contributed by atoms with Crippen molar-refractivity contribution in [1.29, 1.82) is 0 Å². The summed E-state index contributed by atoms with van der Waals surface area (Å²) in [5.41, 5.74) is 0. The molecule has 1 fully saturated rings. The normalized spacial score (nSPS) is 21.6. The molecule has 0 radical (unpaired) electrons. The fraction of sp³-hybridized carbons (Fsp3) is 0.778. The third-order valence-electron chi connectivity index (χ3n) is 2.28. The van der Waals surface area contributed by atoms with Crippen LogP contribution in [0.4, 0.5) is 0 Å². The van der Waals surface area contributed by atoms with Gasteiger partial charge in [-0.3, -0.25) is 0 Å². The van der Waals surface area contributed by atoms with Crippen molar-refractivity contribution in [2.75, 3.05) is 13.2 Å². The molecule has 2 rings (SSSR count). The third kappa shape index (κ3) is 2.52. The Labute approximate surface area is 82.8 Å². The van der Waals surface area contributed by atoms with Crippen molar-refractivity contribution < 1.29 is 9.26 Å². The summed E-state index contributed by atoms with van der Waals surface area (Å²) in [7, 11) is 0. The molecule has 1 N–H and O–H groups in total. The summed E-state index contributed by atoms with van der Waals surface area (Å²) in [5, 5.41) is 7.04. The van der Waals surface area contributed by atoms with E-state index in [1.807, 2.05) is 0 Å². The van der Waals surface area contributed by atoms with Crippen LogP contribution in [0.2, 0.25) is 0 Å². The highest BCUT2D eigenvalue weighted by Gasteiger charge is 2.14. The maximum atomic E-state index is 5.46. The SMILES string of the molecule is Cc1noc(COCC2CCCN2)n1. The molecule has 1 saturated heterocycles. The predicted molar refractivity (Wildman–Crippen MR) is 49.7 cm³/mol. The van der Waals surface area contributed by atoms with E-state index in [0.717, 1.165) is 13.2 Å². The first-order valence-electron chi connectivity index (χ1n) is 4.95. The standard InChI is InChI=1S/C9H15N3O2/c1-7-11-9(14-12-7)6-13-5-8-3-2-4-10-8/h8,10H,2-6H2,1H3. The average Bonchev–Trinajstić information content (AvgIpc) is 2.77. The molecule has 1 aliphatic heterocycles. The summed E-state index contributed by atoms with van der Waals surface area (Å²) in [4.78, 5) is 4.05. The number of aryl methyl sites for hydroxylation is 1. The summed E-state index contributed by atoms with van der Waals surface area (Å²) < 4.78 is 10.4. The fourth-order valence-corrected chi connectivity index (χ4v) is 1.59. The molecule has 0 saturated carbocycles. The number of ether oxygens (including phenoxy) is 1. The quantitative estimate of drug-likeness (QED) is 0.767. The Kier molecular flexibility index (Phi) is 3.10. The first-order valence-corrected chi connectivity index (χ1v) is 4.95. The van der Waals surface area contributed by atoms with E-state index in [1.54, 1.807) is 6.92 Å². The summed E-state index contributed by atoms with van der Waals surface area (Å²) in [6, 6.07) is 0.499. The molecule has 2 heterocycles. The van der Waals surface area contributed by atoms with Crippen LogP contribution in [0.1, 0.15) is 24.6 Å². The topological polar surface area (TPSA) is 60.2 Å². The van der Waals surface area contributed by atoms with E-state index in [0.29, 0.717) is 24.4 Å². The van der Waals surface area contributed by atoms with Gasteiger partial charge in [0.25, 0.3) is 5.89 Å². The molecule has 1 aliphatic rings. The number of hydrogen-bond donors (Lipinski definition) is 1. The molecule has 5 heteroatoms. The molecule has 14 heavy (non-hydrogen) atoms. The summed E-state index contributed by atoms with van der Waals surface area (Å²) in [6.45, 7) is 4.04. The molecule has 5 nitrogen and oxygen atoms in total. The average molecular weight is 197 g/mol. The highest BCUT2D eigenvalue weighted by Crippen LogP contribution is 2.06. The lowest BCUT2D eigenvalue weighted by atomic mass is 10.2. The molecule has 0 aliphatic carbocycles. The highest BCUT2D eigenvalue weighted by molar-refractivity contribution is 4.80. The number of aromatic nitrogens is 2. The second kappa shape index (κ2) is 4.52. The van der Waals surface area contributed by atoms with Crippen LogP contribution in [-0.2, 0) is 11.3 Å². The lowest BCUT2D eigenvalue weighted by Crippen LogP contribution is -2.26. The van der Waals surface area contributed by atoms with Gasteiger partial charge in [-0.05, 0) is 26.3 Å². The second-order valence-corrected chi connectivity index (χ2v) is 3.54. The van der Waals surface area contributed by atoms with Gasteiger partial charge in [-0.15, -0.1) is 0 Å². The zero-order valence-electron chi connectivity index (χ0n) is 8.32. The van der Waals surface area contributed by atoms with Crippen molar-refractivity contribution >= 4 is 0 Å². The maximum Gasteiger partial charge on any atom is 0.252 e. The molecule has 0 aromatic carbocycles. The number of nitrogens with zero attached hydrogens (tertiary/aromatic N) is 2.